The third-order valence-electron chi connectivity index (χ3n) is 4.83. The van der Waals surface area contributed by atoms with Gasteiger partial charge in [0.15, 0.2) is 5.82 Å². The van der Waals surface area contributed by atoms with Crippen LogP contribution in [0.2, 0.25) is 0 Å². The zero-order valence-corrected chi connectivity index (χ0v) is 17.4. The second-order valence-corrected chi connectivity index (χ2v) is 6.96. The number of methoxy groups -OCH3 is 1. The molecule has 4 aromatic rings. The Morgan fingerprint density at radius 3 is 2.58 bits per heavy atom. The molecule has 2 aromatic carbocycles. The van der Waals surface area contributed by atoms with Crippen molar-refractivity contribution < 1.29 is 13.9 Å². The topological polar surface area (TPSA) is 69.2 Å². The van der Waals surface area contributed by atoms with E-state index in [1.165, 1.54) is 12.1 Å². The first-order valence-electron chi connectivity index (χ1n) is 10.0. The Bertz CT molecular complexity index is 1190. The fourth-order valence-corrected chi connectivity index (χ4v) is 3.35. The molecule has 0 radical (unpaired) electrons. The summed E-state index contributed by atoms with van der Waals surface area (Å²) in [7, 11) is 3.47. The number of halogens is 1. The summed E-state index contributed by atoms with van der Waals surface area (Å²) in [4.78, 5) is 13.6. The molecule has 2 heterocycles. The van der Waals surface area contributed by atoms with Crippen LogP contribution in [0.3, 0.4) is 0 Å². The Hall–Kier alpha value is -3.58. The molecule has 0 aliphatic rings. The molecule has 6 nitrogen and oxygen atoms in total. The van der Waals surface area contributed by atoms with E-state index >= 15 is 0 Å². The molecule has 0 saturated heterocycles. The molecule has 31 heavy (non-hydrogen) atoms. The van der Waals surface area contributed by atoms with Gasteiger partial charge >= 0.3 is 0 Å². The van der Waals surface area contributed by atoms with E-state index in [2.05, 4.69) is 15.3 Å². The van der Waals surface area contributed by atoms with E-state index < -0.39 is 0 Å². The van der Waals surface area contributed by atoms with E-state index in [0.717, 1.165) is 28.5 Å². The number of rotatable bonds is 8. The van der Waals surface area contributed by atoms with Gasteiger partial charge in [-0.3, -0.25) is 4.98 Å². The van der Waals surface area contributed by atoms with Crippen molar-refractivity contribution in [2.45, 2.75) is 6.42 Å². The Balaban J connectivity index is 1.89. The van der Waals surface area contributed by atoms with Crippen molar-refractivity contribution in [2.24, 2.45) is 0 Å². The maximum atomic E-state index is 13.9. The molecular weight excluding hydrogens is 395 g/mol. The van der Waals surface area contributed by atoms with Crippen LogP contribution in [0, 0.1) is 5.82 Å². The lowest BCUT2D eigenvalue weighted by Crippen LogP contribution is -2.04. The fraction of sp³-hybridized carbons (Fsp3) is 0.208. The van der Waals surface area contributed by atoms with Crippen LogP contribution in [0.4, 0.5) is 10.2 Å². The van der Waals surface area contributed by atoms with Crippen molar-refractivity contribution in [3.05, 3.63) is 66.7 Å². The molecule has 7 heteroatoms. The van der Waals surface area contributed by atoms with Crippen molar-refractivity contribution in [1.29, 1.82) is 0 Å². The number of aromatic nitrogens is 3. The average molecular weight is 418 g/mol. The van der Waals surface area contributed by atoms with Crippen molar-refractivity contribution in [3.8, 4) is 28.3 Å². The molecule has 0 aliphatic heterocycles. The predicted molar refractivity (Wildman–Crippen MR) is 120 cm³/mol. The van der Waals surface area contributed by atoms with Gasteiger partial charge in [-0.15, -0.1) is 0 Å². The maximum Gasteiger partial charge on any atom is 0.163 e. The molecule has 1 N–H and O–H groups in total. The lowest BCUT2D eigenvalue weighted by Gasteiger charge is -2.15. The monoisotopic (exact) mass is 418 g/mol. The van der Waals surface area contributed by atoms with Gasteiger partial charge in [-0.1, -0.05) is 12.1 Å². The first-order valence-corrected chi connectivity index (χ1v) is 10.0. The van der Waals surface area contributed by atoms with E-state index in [1.54, 1.807) is 25.6 Å². The smallest absolute Gasteiger partial charge is 0.163 e. The molecule has 0 saturated carbocycles. The zero-order valence-electron chi connectivity index (χ0n) is 17.4. The SMILES string of the molecule is CNc1nc(-c2cccnc2)nc2c(OCCCOC)cc(-c3cccc(F)c3)cc12. The zero-order chi connectivity index (χ0) is 21.6. The maximum absolute atomic E-state index is 13.9. The molecule has 0 spiro atoms. The van der Waals surface area contributed by atoms with Crippen LogP contribution in [-0.2, 0) is 4.74 Å². The third kappa shape index (κ3) is 4.62. The van der Waals surface area contributed by atoms with Crippen LogP contribution in [0.1, 0.15) is 6.42 Å². The van der Waals surface area contributed by atoms with Crippen LogP contribution in [0.5, 0.6) is 5.75 Å². The van der Waals surface area contributed by atoms with Gasteiger partial charge in [0.25, 0.3) is 0 Å². The highest BCUT2D eigenvalue weighted by molar-refractivity contribution is 5.97. The van der Waals surface area contributed by atoms with Gasteiger partial charge in [0.2, 0.25) is 0 Å². The number of ether oxygens (including phenoxy) is 2. The number of benzene rings is 2. The minimum absolute atomic E-state index is 0.294. The van der Waals surface area contributed by atoms with E-state index in [-0.39, 0.29) is 5.82 Å². The number of fused-ring (bicyclic) bond motifs is 1. The van der Waals surface area contributed by atoms with Gasteiger partial charge in [0.1, 0.15) is 22.9 Å². The minimum Gasteiger partial charge on any atom is -0.491 e. The van der Waals surface area contributed by atoms with E-state index in [4.69, 9.17) is 14.5 Å². The van der Waals surface area contributed by atoms with Gasteiger partial charge in [-0.05, 0) is 47.5 Å². The number of nitrogens with one attached hydrogen (secondary N) is 1. The molecule has 0 aliphatic carbocycles. The summed E-state index contributed by atoms with van der Waals surface area (Å²) in [6.45, 7) is 1.07. The molecule has 0 fully saturated rings. The Labute approximate surface area is 180 Å². The summed E-state index contributed by atoms with van der Waals surface area (Å²) in [6.07, 6.45) is 4.17. The first kappa shape index (κ1) is 20.7. The molecule has 2 aromatic heterocycles. The lowest BCUT2D eigenvalue weighted by molar-refractivity contribution is 0.172. The summed E-state index contributed by atoms with van der Waals surface area (Å²) < 4.78 is 25.1. The van der Waals surface area contributed by atoms with Crippen LogP contribution < -0.4 is 10.1 Å². The van der Waals surface area contributed by atoms with E-state index in [9.17, 15) is 4.39 Å². The Morgan fingerprint density at radius 1 is 0.968 bits per heavy atom. The highest BCUT2D eigenvalue weighted by Gasteiger charge is 2.16. The number of anilines is 1. The Kier molecular flexibility index (Phi) is 6.33. The van der Waals surface area contributed by atoms with Gasteiger partial charge in [-0.2, -0.15) is 0 Å². The van der Waals surface area contributed by atoms with Crippen molar-refractivity contribution in [3.63, 3.8) is 0 Å². The number of hydrogen-bond acceptors (Lipinski definition) is 6. The highest BCUT2D eigenvalue weighted by Crippen LogP contribution is 2.36. The predicted octanol–water partition coefficient (Wildman–Crippen LogP) is 4.95. The third-order valence-corrected chi connectivity index (χ3v) is 4.83. The molecule has 0 amide bonds. The van der Waals surface area contributed by atoms with Crippen molar-refractivity contribution in [1.82, 2.24) is 15.0 Å². The summed E-state index contributed by atoms with van der Waals surface area (Å²) >= 11 is 0. The lowest BCUT2D eigenvalue weighted by atomic mass is 10.0. The fourth-order valence-electron chi connectivity index (χ4n) is 3.35. The van der Waals surface area contributed by atoms with Gasteiger partial charge in [-0.25, -0.2) is 14.4 Å². The van der Waals surface area contributed by atoms with Crippen LogP contribution in [0.25, 0.3) is 33.4 Å². The molecule has 158 valence electrons. The molecule has 0 bridgehead atoms. The second-order valence-electron chi connectivity index (χ2n) is 6.96. The number of pyridine rings is 1. The van der Waals surface area contributed by atoms with Gasteiger partial charge in [0, 0.05) is 50.5 Å². The van der Waals surface area contributed by atoms with Crippen LogP contribution in [-0.4, -0.2) is 42.3 Å². The van der Waals surface area contributed by atoms with E-state index in [0.29, 0.717) is 36.1 Å². The summed E-state index contributed by atoms with van der Waals surface area (Å²) in [5.74, 6) is 1.52. The molecule has 0 unspecified atom stereocenters. The van der Waals surface area contributed by atoms with Crippen molar-refractivity contribution in [2.75, 3.05) is 32.7 Å². The minimum atomic E-state index is -0.294. The second kappa shape index (κ2) is 9.49. The van der Waals surface area contributed by atoms with Gasteiger partial charge < -0.3 is 14.8 Å². The molecule has 0 atom stereocenters. The first-order chi connectivity index (χ1) is 15.2. The Morgan fingerprint density at radius 2 is 1.84 bits per heavy atom. The van der Waals surface area contributed by atoms with E-state index in [1.807, 2.05) is 37.4 Å². The normalized spacial score (nSPS) is 10.9. The molecule has 4 rings (SSSR count). The quantitative estimate of drug-likeness (QED) is 0.408. The largest absolute Gasteiger partial charge is 0.491 e. The van der Waals surface area contributed by atoms with Gasteiger partial charge in [0.05, 0.1) is 6.61 Å². The van der Waals surface area contributed by atoms with Crippen molar-refractivity contribution >= 4 is 16.7 Å². The van der Waals surface area contributed by atoms with Crippen LogP contribution >= 0.6 is 0 Å². The number of hydrogen-bond donors (Lipinski definition) is 1. The summed E-state index contributed by atoms with van der Waals surface area (Å²) in [5, 5.41) is 3.94. The average Bonchev–Trinajstić information content (AvgIpc) is 2.81. The summed E-state index contributed by atoms with van der Waals surface area (Å²) in [5.41, 5.74) is 3.06. The van der Waals surface area contributed by atoms with Crippen LogP contribution in [0.15, 0.2) is 60.9 Å². The summed E-state index contributed by atoms with van der Waals surface area (Å²) in [6, 6.07) is 14.1. The number of nitrogens with zero attached hydrogens (tertiary/aromatic N) is 3. The standard InChI is InChI=1S/C24H23FN4O2/c1-26-24-20-13-18(16-6-3-8-19(25)12-16)14-21(31-11-5-10-30-2)22(20)28-23(29-24)17-7-4-9-27-15-17/h3-4,6-9,12-15H,5,10-11H2,1-2H3,(H,26,28,29). The highest BCUT2D eigenvalue weighted by atomic mass is 19.1. The molecular formula is C24H23FN4O2.